The Kier molecular flexibility index (Phi) is 4.64. The number of aryl methyl sites for hydroxylation is 1. The van der Waals surface area contributed by atoms with Crippen molar-refractivity contribution in [2.45, 2.75) is 32.6 Å². The number of morpholine rings is 1. The molecule has 0 spiro atoms. The van der Waals surface area contributed by atoms with E-state index in [0.717, 1.165) is 31.1 Å². The molecule has 3 aliphatic rings. The Balaban J connectivity index is 1.34. The summed E-state index contributed by atoms with van der Waals surface area (Å²) in [6.07, 6.45) is 4.54. The van der Waals surface area contributed by atoms with Crippen LogP contribution in [-0.2, 0) is 9.53 Å². The Labute approximate surface area is 151 Å². The van der Waals surface area contributed by atoms with Crippen LogP contribution in [0.15, 0.2) is 0 Å². The second kappa shape index (κ2) is 6.92. The molecule has 8 heteroatoms. The highest BCUT2D eigenvalue weighted by Gasteiger charge is 2.43. The number of aromatic nitrogens is 1. The third kappa shape index (κ3) is 3.37. The van der Waals surface area contributed by atoms with Gasteiger partial charge in [0.25, 0.3) is 5.91 Å². The quantitative estimate of drug-likeness (QED) is 0.794. The van der Waals surface area contributed by atoms with Crippen LogP contribution in [0.3, 0.4) is 0 Å². The number of rotatable bonds is 3. The predicted molar refractivity (Wildman–Crippen MR) is 94.4 cm³/mol. The van der Waals surface area contributed by atoms with Gasteiger partial charge >= 0.3 is 0 Å². The van der Waals surface area contributed by atoms with E-state index in [1.54, 1.807) is 0 Å². The second-order valence-corrected chi connectivity index (χ2v) is 8.21. The number of carbonyl (C=O) groups is 2. The molecule has 2 bridgehead atoms. The maximum Gasteiger partial charge on any atom is 0.281 e. The molecule has 0 radical (unpaired) electrons. The third-order valence-corrected chi connectivity index (χ3v) is 6.86. The molecule has 2 amide bonds. The molecule has 3 atom stereocenters. The van der Waals surface area contributed by atoms with Gasteiger partial charge in [0.15, 0.2) is 5.13 Å². The molecule has 136 valence electrons. The number of carbonyl (C=O) groups excluding carboxylic acids is 2. The Hall–Kier alpha value is -1.67. The summed E-state index contributed by atoms with van der Waals surface area (Å²) >= 11 is 1.37. The molecule has 1 aromatic heterocycles. The Bertz CT molecular complexity index is 671. The molecule has 3 unspecified atom stereocenters. The summed E-state index contributed by atoms with van der Waals surface area (Å²) in [6.45, 7) is 4.76. The first-order valence-electron chi connectivity index (χ1n) is 9.02. The van der Waals surface area contributed by atoms with E-state index < -0.39 is 0 Å². The lowest BCUT2D eigenvalue weighted by molar-refractivity contribution is -0.127. The number of anilines is 1. The van der Waals surface area contributed by atoms with Crippen molar-refractivity contribution >= 4 is 28.3 Å². The van der Waals surface area contributed by atoms with Crippen LogP contribution >= 0.6 is 11.3 Å². The standard InChI is InChI=1S/C17H24N4O3S/c1-10-14(25-17(18-10)21-4-6-24-7-5-21)16(23)20-19-15(22)13-9-11-2-3-12(13)8-11/h11-13H,2-9H2,1H3,(H,19,22)(H,20,23). The summed E-state index contributed by atoms with van der Waals surface area (Å²) in [4.78, 5) is 32.0. The second-order valence-electron chi connectivity index (χ2n) is 7.24. The molecule has 1 saturated heterocycles. The zero-order valence-electron chi connectivity index (χ0n) is 14.4. The normalized spacial score (nSPS) is 28.2. The predicted octanol–water partition coefficient (Wildman–Crippen LogP) is 1.49. The van der Waals surface area contributed by atoms with Crippen LogP contribution in [0, 0.1) is 24.7 Å². The fraction of sp³-hybridized carbons (Fsp3) is 0.706. The van der Waals surface area contributed by atoms with Crippen LogP contribution in [0.2, 0.25) is 0 Å². The van der Waals surface area contributed by atoms with Gasteiger partial charge in [-0.05, 0) is 38.0 Å². The van der Waals surface area contributed by atoms with Crippen LogP contribution < -0.4 is 15.8 Å². The van der Waals surface area contributed by atoms with Crippen molar-refractivity contribution in [3.8, 4) is 0 Å². The number of hydrazine groups is 1. The highest BCUT2D eigenvalue weighted by Crippen LogP contribution is 2.48. The molecule has 4 rings (SSSR count). The van der Waals surface area contributed by atoms with Crippen molar-refractivity contribution < 1.29 is 14.3 Å². The van der Waals surface area contributed by atoms with Crippen molar-refractivity contribution in [2.24, 2.45) is 17.8 Å². The number of hydrogen-bond acceptors (Lipinski definition) is 6. The van der Waals surface area contributed by atoms with Crippen LogP contribution in [0.25, 0.3) is 0 Å². The molecule has 2 saturated carbocycles. The van der Waals surface area contributed by atoms with Crippen molar-refractivity contribution in [1.82, 2.24) is 15.8 Å². The first kappa shape index (κ1) is 16.8. The van der Waals surface area contributed by atoms with E-state index >= 15 is 0 Å². The molecule has 1 aromatic rings. The number of thiazole rings is 1. The summed E-state index contributed by atoms with van der Waals surface area (Å²) in [5.74, 6) is 0.934. The molecular weight excluding hydrogens is 340 g/mol. The van der Waals surface area contributed by atoms with E-state index in [4.69, 9.17) is 4.74 Å². The molecule has 3 fully saturated rings. The zero-order valence-corrected chi connectivity index (χ0v) is 15.2. The van der Waals surface area contributed by atoms with Gasteiger partial charge in [-0.3, -0.25) is 20.4 Å². The number of fused-ring (bicyclic) bond motifs is 2. The summed E-state index contributed by atoms with van der Waals surface area (Å²) in [6, 6.07) is 0. The average Bonchev–Trinajstić information content (AvgIpc) is 3.35. The number of hydrogen-bond donors (Lipinski definition) is 2. The van der Waals surface area contributed by atoms with E-state index in [1.807, 2.05) is 6.92 Å². The Morgan fingerprint density at radius 1 is 1.20 bits per heavy atom. The summed E-state index contributed by atoms with van der Waals surface area (Å²) in [7, 11) is 0. The molecule has 25 heavy (non-hydrogen) atoms. The number of ether oxygens (including phenoxy) is 1. The highest BCUT2D eigenvalue weighted by atomic mass is 32.1. The molecule has 7 nitrogen and oxygen atoms in total. The molecule has 2 heterocycles. The van der Waals surface area contributed by atoms with Crippen LogP contribution in [0.5, 0.6) is 0 Å². The summed E-state index contributed by atoms with van der Waals surface area (Å²) in [5, 5.41) is 0.838. The van der Waals surface area contributed by atoms with Gasteiger partial charge in [-0.1, -0.05) is 17.8 Å². The third-order valence-electron chi connectivity index (χ3n) is 5.65. The van der Waals surface area contributed by atoms with Gasteiger partial charge in [0.2, 0.25) is 5.91 Å². The van der Waals surface area contributed by atoms with Gasteiger partial charge in [0.05, 0.1) is 18.9 Å². The first-order chi connectivity index (χ1) is 12.1. The molecule has 2 aliphatic carbocycles. The van der Waals surface area contributed by atoms with E-state index in [2.05, 4.69) is 20.7 Å². The van der Waals surface area contributed by atoms with Crippen LogP contribution in [-0.4, -0.2) is 43.1 Å². The molecule has 2 N–H and O–H groups in total. The lowest BCUT2D eigenvalue weighted by atomic mass is 9.88. The fourth-order valence-electron chi connectivity index (χ4n) is 4.32. The first-order valence-corrected chi connectivity index (χ1v) is 9.84. The van der Waals surface area contributed by atoms with Crippen LogP contribution in [0.4, 0.5) is 5.13 Å². The summed E-state index contributed by atoms with van der Waals surface area (Å²) < 4.78 is 5.35. The lowest BCUT2D eigenvalue weighted by Gasteiger charge is -2.26. The topological polar surface area (TPSA) is 83.6 Å². The van der Waals surface area contributed by atoms with Gasteiger partial charge < -0.3 is 9.64 Å². The van der Waals surface area contributed by atoms with E-state index in [-0.39, 0.29) is 17.7 Å². The van der Waals surface area contributed by atoms with E-state index in [1.165, 1.54) is 24.2 Å². The van der Waals surface area contributed by atoms with Gasteiger partial charge in [-0.25, -0.2) is 4.98 Å². The summed E-state index contributed by atoms with van der Waals surface area (Å²) in [5.41, 5.74) is 5.90. The average molecular weight is 364 g/mol. The molecule has 0 aromatic carbocycles. The van der Waals surface area contributed by atoms with E-state index in [9.17, 15) is 9.59 Å². The smallest absolute Gasteiger partial charge is 0.281 e. The van der Waals surface area contributed by atoms with Gasteiger partial charge in [-0.2, -0.15) is 0 Å². The highest BCUT2D eigenvalue weighted by molar-refractivity contribution is 7.17. The van der Waals surface area contributed by atoms with Crippen molar-refractivity contribution in [3.05, 3.63) is 10.6 Å². The minimum Gasteiger partial charge on any atom is -0.378 e. The van der Waals surface area contributed by atoms with Gasteiger partial charge in [0, 0.05) is 19.0 Å². The van der Waals surface area contributed by atoms with Gasteiger partial charge in [0.1, 0.15) is 4.88 Å². The maximum atomic E-state index is 12.4. The SMILES string of the molecule is Cc1nc(N2CCOCC2)sc1C(=O)NNC(=O)C1CC2CCC1C2. The Morgan fingerprint density at radius 2 is 2.00 bits per heavy atom. The monoisotopic (exact) mass is 364 g/mol. The van der Waals surface area contributed by atoms with Crippen molar-refractivity contribution in [1.29, 1.82) is 0 Å². The van der Waals surface area contributed by atoms with Crippen molar-refractivity contribution in [3.63, 3.8) is 0 Å². The van der Waals surface area contributed by atoms with Crippen molar-refractivity contribution in [2.75, 3.05) is 31.2 Å². The fourth-order valence-corrected chi connectivity index (χ4v) is 5.33. The van der Waals surface area contributed by atoms with E-state index in [0.29, 0.717) is 35.6 Å². The maximum absolute atomic E-state index is 12.4. The van der Waals surface area contributed by atoms with Gasteiger partial charge in [-0.15, -0.1) is 0 Å². The zero-order chi connectivity index (χ0) is 17.4. The lowest BCUT2D eigenvalue weighted by Crippen LogP contribution is -2.45. The minimum atomic E-state index is -0.286. The minimum absolute atomic E-state index is 0.0453. The van der Waals surface area contributed by atoms with Crippen LogP contribution in [0.1, 0.15) is 41.0 Å². The molecule has 1 aliphatic heterocycles. The molecular formula is C17H24N4O3S. The number of amides is 2. The largest absolute Gasteiger partial charge is 0.378 e. The Morgan fingerprint density at radius 3 is 2.68 bits per heavy atom. The number of nitrogens with zero attached hydrogens (tertiary/aromatic N) is 2. The number of nitrogens with one attached hydrogen (secondary N) is 2.